The van der Waals surface area contributed by atoms with Gasteiger partial charge in [-0.1, -0.05) is 12.2 Å². The summed E-state index contributed by atoms with van der Waals surface area (Å²) >= 11 is 0. The molecule has 49 heavy (non-hydrogen) atoms. The highest BCUT2D eigenvalue weighted by molar-refractivity contribution is 5.82. The minimum absolute atomic E-state index is 0.0641. The average molecular weight is 718 g/mol. The monoisotopic (exact) mass is 717 g/mol. The van der Waals surface area contributed by atoms with E-state index >= 15 is 0 Å². The second kappa shape index (κ2) is 16.8. The molecule has 18 atom stereocenters. The van der Waals surface area contributed by atoms with Crippen LogP contribution in [-0.4, -0.2) is 179 Å². The normalized spacial score (nSPS) is 45.3. The van der Waals surface area contributed by atoms with Crippen LogP contribution >= 0.6 is 0 Å². The lowest BCUT2D eigenvalue weighted by Crippen LogP contribution is -2.67. The van der Waals surface area contributed by atoms with Crippen LogP contribution in [0.25, 0.3) is 0 Å². The molecule has 0 aromatic rings. The summed E-state index contributed by atoms with van der Waals surface area (Å²) in [6.07, 6.45) is -18.2. The molecule has 0 radical (unpaired) electrons. The van der Waals surface area contributed by atoms with Gasteiger partial charge in [-0.15, -0.1) is 0 Å². The van der Waals surface area contributed by atoms with Crippen LogP contribution in [0.5, 0.6) is 0 Å². The Kier molecular flexibility index (Phi) is 13.7. The molecule has 0 unspecified atom stereocenters. The molecule has 0 bridgehead atoms. The van der Waals surface area contributed by atoms with E-state index in [4.69, 9.17) is 62.8 Å². The number of hydrogen-bond acceptors (Lipinski definition) is 19. The van der Waals surface area contributed by atoms with Gasteiger partial charge in [-0.25, -0.2) is 8.78 Å². The lowest BCUT2D eigenvalue weighted by molar-refractivity contribution is -0.284. The summed E-state index contributed by atoms with van der Waals surface area (Å²) in [5.74, 6) is -5.55. The number of nitrogens with one attached hydrogen (secondary N) is 1. The van der Waals surface area contributed by atoms with E-state index in [2.05, 4.69) is 5.32 Å². The fourth-order valence-electron chi connectivity index (χ4n) is 6.05. The molecule has 20 nitrogen and oxygen atoms in total. The van der Waals surface area contributed by atoms with Crippen molar-refractivity contribution in [3.8, 4) is 0 Å². The van der Waals surface area contributed by atoms with Crippen molar-refractivity contribution in [3.63, 3.8) is 0 Å². The van der Waals surface area contributed by atoms with Gasteiger partial charge in [-0.05, 0) is 6.42 Å². The zero-order valence-electron chi connectivity index (χ0n) is 26.3. The van der Waals surface area contributed by atoms with Crippen molar-refractivity contribution in [3.05, 3.63) is 12.2 Å². The van der Waals surface area contributed by atoms with E-state index in [-0.39, 0.29) is 19.5 Å². The van der Waals surface area contributed by atoms with Gasteiger partial charge >= 0.3 is 0 Å². The van der Waals surface area contributed by atoms with Gasteiger partial charge in [0.05, 0.1) is 37.4 Å². The summed E-state index contributed by atoms with van der Waals surface area (Å²) in [6.45, 7) is -2.25. The summed E-state index contributed by atoms with van der Waals surface area (Å²) < 4.78 is 62.9. The Morgan fingerprint density at radius 1 is 0.837 bits per heavy atom. The molecule has 284 valence electrons. The van der Waals surface area contributed by atoms with Crippen molar-refractivity contribution in [2.75, 3.05) is 26.2 Å². The maximum Gasteiger partial charge on any atom is 0.294 e. The van der Waals surface area contributed by atoms with Gasteiger partial charge in [-0.2, -0.15) is 0 Å². The number of hydrogen-bond donors (Lipinski definition) is 13. The molecule has 3 fully saturated rings. The van der Waals surface area contributed by atoms with Gasteiger partial charge in [0.1, 0.15) is 54.9 Å². The molecular weight excluding hydrogens is 668 g/mol. The number of ether oxygens (including phenoxy) is 6. The molecule has 1 amide bonds. The lowest BCUT2D eigenvalue weighted by atomic mass is 9.83. The predicted molar refractivity (Wildman–Crippen MR) is 159 cm³/mol. The van der Waals surface area contributed by atoms with E-state index in [1.165, 1.54) is 0 Å². The van der Waals surface area contributed by atoms with Gasteiger partial charge in [0.2, 0.25) is 0 Å². The molecule has 2 saturated heterocycles. The Hall–Kier alpha value is -1.65. The van der Waals surface area contributed by atoms with Gasteiger partial charge in [-0.3, -0.25) is 4.79 Å². The number of halogens is 2. The molecule has 1 saturated carbocycles. The van der Waals surface area contributed by atoms with E-state index in [9.17, 15) is 44.2 Å². The summed E-state index contributed by atoms with van der Waals surface area (Å²) in [6, 6.07) is -4.70. The van der Waals surface area contributed by atoms with Crippen molar-refractivity contribution >= 4 is 5.91 Å². The Morgan fingerprint density at radius 3 is 2.08 bits per heavy atom. The van der Waals surface area contributed by atoms with Crippen molar-refractivity contribution in [1.29, 1.82) is 0 Å². The van der Waals surface area contributed by atoms with Crippen molar-refractivity contribution in [1.82, 2.24) is 5.32 Å². The second-order valence-corrected chi connectivity index (χ2v) is 12.5. The number of nitrogens with two attached hydrogens (primary N) is 6. The van der Waals surface area contributed by atoms with Crippen molar-refractivity contribution < 1.29 is 72.6 Å². The van der Waals surface area contributed by atoms with Crippen LogP contribution < -0.4 is 39.7 Å². The Morgan fingerprint density at radius 2 is 1.47 bits per heavy atom. The summed E-state index contributed by atoms with van der Waals surface area (Å²) in [7, 11) is 0. The number of aliphatic hydroxyl groups excluding tert-OH is 6. The third-order valence-electron chi connectivity index (χ3n) is 9.00. The minimum atomic E-state index is -3.99. The van der Waals surface area contributed by atoms with Crippen LogP contribution in [0.3, 0.4) is 0 Å². The number of alkyl halides is 2. The standard InChI is InChI=1S/C27H49F2N7O13/c28-27(29,7-32)22(42)23(43)36-11-3-10(34)19(47-24-9(33)2-1-8(4-30)44-24)21(15(11)38)49-26-18(41)20(13(6-37)46-26)48-25-14(35)17(40)16(39)12(5-31)45-25/h1-2,8-22,24-26,37-42H,3-7,30-35H2,(H,36,43)/t8-,9+,10-,11+,12-,13+,14+,15-,16+,17+,18+,19+,20+,21+,22+,24+,25+,26-/m0/s1. The van der Waals surface area contributed by atoms with Crippen LogP contribution in [0.1, 0.15) is 6.42 Å². The molecule has 0 aromatic heterocycles. The molecule has 4 rings (SSSR count). The van der Waals surface area contributed by atoms with E-state index in [1.807, 2.05) is 0 Å². The molecule has 0 aromatic carbocycles. The highest BCUT2D eigenvalue weighted by Gasteiger charge is 2.54. The fourth-order valence-corrected chi connectivity index (χ4v) is 6.05. The summed E-state index contributed by atoms with van der Waals surface area (Å²) in [4.78, 5) is 12.6. The average Bonchev–Trinajstić information content (AvgIpc) is 3.38. The van der Waals surface area contributed by atoms with Gasteiger partial charge in [0.15, 0.2) is 25.0 Å². The Labute approximate surface area is 279 Å². The van der Waals surface area contributed by atoms with E-state index in [0.29, 0.717) is 0 Å². The Balaban J connectivity index is 1.57. The first-order chi connectivity index (χ1) is 23.1. The number of carbonyl (C=O) groups excluding carboxylic acids is 1. The zero-order valence-corrected chi connectivity index (χ0v) is 26.3. The predicted octanol–water partition coefficient (Wildman–Crippen LogP) is -7.95. The first-order valence-electron chi connectivity index (χ1n) is 15.8. The molecule has 1 aliphatic carbocycles. The quantitative estimate of drug-likeness (QED) is 0.0786. The van der Waals surface area contributed by atoms with Crippen LogP contribution in [0.4, 0.5) is 8.78 Å². The molecule has 4 aliphatic rings. The molecule has 3 heterocycles. The highest BCUT2D eigenvalue weighted by Crippen LogP contribution is 2.34. The van der Waals surface area contributed by atoms with Crippen LogP contribution in [-0.2, 0) is 33.2 Å². The van der Waals surface area contributed by atoms with Gasteiger partial charge in [0.25, 0.3) is 11.8 Å². The largest absolute Gasteiger partial charge is 0.394 e. The lowest BCUT2D eigenvalue weighted by Gasteiger charge is -2.46. The zero-order chi connectivity index (χ0) is 36.4. The third kappa shape index (κ3) is 8.70. The van der Waals surface area contributed by atoms with Crippen molar-refractivity contribution in [2.24, 2.45) is 34.4 Å². The molecule has 22 heteroatoms. The molecule has 19 N–H and O–H groups in total. The maximum atomic E-state index is 14.0. The SMILES string of the molecule is NC[C@@H]1O[C@H](O[C@H]2[C@@H](O)[C@H](O[C@@H]3[C@@H](O)[C@H](NC(=O)[C@@H](O)C(F)(F)CN)C[C@H](N)[C@H]3O[C@H]3O[C@H](CN)C=C[C@H]3N)O[C@@H]2CO)[C@H](N)[C@@H](O)[C@@H]1O. The van der Waals surface area contributed by atoms with Gasteiger partial charge < -0.3 is 98.8 Å². The highest BCUT2D eigenvalue weighted by atomic mass is 19.3. The van der Waals surface area contributed by atoms with Crippen LogP contribution in [0.15, 0.2) is 12.2 Å². The van der Waals surface area contributed by atoms with Crippen LogP contribution in [0.2, 0.25) is 0 Å². The molecule has 0 spiro atoms. The number of carbonyl (C=O) groups is 1. The summed E-state index contributed by atoms with van der Waals surface area (Å²) in [5.41, 5.74) is 34.8. The number of aliphatic hydroxyl groups is 6. The maximum absolute atomic E-state index is 14.0. The topological polar surface area (TPSA) is 362 Å². The first-order valence-corrected chi connectivity index (χ1v) is 15.8. The number of amides is 1. The van der Waals surface area contributed by atoms with E-state index < -0.39 is 135 Å². The van der Waals surface area contributed by atoms with E-state index in [0.717, 1.165) is 0 Å². The van der Waals surface area contributed by atoms with Crippen molar-refractivity contribution in [2.45, 2.75) is 123 Å². The molecular formula is C27H49F2N7O13. The first kappa shape index (κ1) is 40.1. The van der Waals surface area contributed by atoms with Crippen LogP contribution in [0, 0.1) is 0 Å². The smallest absolute Gasteiger partial charge is 0.294 e. The van der Waals surface area contributed by atoms with Gasteiger partial charge in [0, 0.05) is 19.1 Å². The van der Waals surface area contributed by atoms with E-state index in [1.54, 1.807) is 12.2 Å². The third-order valence-corrected chi connectivity index (χ3v) is 9.00. The fraction of sp³-hybridized carbons (Fsp3) is 0.889. The minimum Gasteiger partial charge on any atom is -0.394 e. The Bertz CT molecular complexity index is 1120. The number of rotatable bonds is 13. The summed E-state index contributed by atoms with van der Waals surface area (Å²) in [5, 5.41) is 65.3. The molecule has 3 aliphatic heterocycles. The second-order valence-electron chi connectivity index (χ2n) is 12.5.